The summed E-state index contributed by atoms with van der Waals surface area (Å²) in [6.45, 7) is 6.11. The Morgan fingerprint density at radius 3 is 2.42 bits per heavy atom. The summed E-state index contributed by atoms with van der Waals surface area (Å²) in [6.07, 6.45) is 12.0. The van der Waals surface area contributed by atoms with Crippen molar-refractivity contribution in [1.82, 2.24) is 0 Å². The molecule has 4 saturated carbocycles. The van der Waals surface area contributed by atoms with E-state index < -0.39 is 0 Å². The molecule has 0 aliphatic heterocycles. The highest BCUT2D eigenvalue weighted by Gasteiger charge is 2.58. The second-order valence-electron chi connectivity index (χ2n) is 9.27. The minimum Gasteiger partial charge on any atom is -0.330 e. The van der Waals surface area contributed by atoms with Crippen molar-refractivity contribution in [1.29, 1.82) is 0 Å². The molecule has 0 aromatic carbocycles. The van der Waals surface area contributed by atoms with Gasteiger partial charge in [0, 0.05) is 0 Å². The second kappa shape index (κ2) is 4.00. The lowest BCUT2D eigenvalue weighted by molar-refractivity contribution is -0.149. The van der Waals surface area contributed by atoms with Gasteiger partial charge in [0.25, 0.3) is 0 Å². The first kappa shape index (κ1) is 12.7. The van der Waals surface area contributed by atoms with Crippen molar-refractivity contribution >= 4 is 0 Å². The van der Waals surface area contributed by atoms with Crippen molar-refractivity contribution in [2.24, 2.45) is 46.2 Å². The number of rotatable bonds is 2. The minimum atomic E-state index is 0.674. The van der Waals surface area contributed by atoms with Crippen molar-refractivity contribution in [2.75, 3.05) is 6.54 Å². The molecule has 0 aromatic rings. The second-order valence-corrected chi connectivity index (χ2v) is 9.27. The van der Waals surface area contributed by atoms with E-state index in [1.54, 1.807) is 19.3 Å². The SMILES string of the molecule is CC12CCC3CC4(C)CC(CCN)C(C1)C(C4)C3C2. The quantitative estimate of drug-likeness (QED) is 0.791. The van der Waals surface area contributed by atoms with Gasteiger partial charge in [0.2, 0.25) is 0 Å². The zero-order valence-electron chi connectivity index (χ0n) is 12.8. The van der Waals surface area contributed by atoms with Crippen LogP contribution in [0.1, 0.15) is 65.2 Å². The first-order valence-electron chi connectivity index (χ1n) is 8.72. The molecule has 108 valence electrons. The molecule has 0 heterocycles. The maximum absolute atomic E-state index is 5.93. The molecule has 0 spiro atoms. The Labute approximate surface area is 118 Å². The fraction of sp³-hybridized carbons (Fsp3) is 1.00. The average molecular weight is 261 g/mol. The molecule has 2 N–H and O–H groups in total. The lowest BCUT2D eigenvalue weighted by atomic mass is 9.40. The van der Waals surface area contributed by atoms with Gasteiger partial charge >= 0.3 is 0 Å². The predicted molar refractivity (Wildman–Crippen MR) is 79.7 cm³/mol. The Bertz CT molecular complexity index is 374. The van der Waals surface area contributed by atoms with E-state index in [0.29, 0.717) is 10.8 Å². The molecule has 0 amide bonds. The van der Waals surface area contributed by atoms with Crippen LogP contribution in [0.4, 0.5) is 0 Å². The smallest absolute Gasteiger partial charge is 0.00745 e. The molecule has 4 bridgehead atoms. The van der Waals surface area contributed by atoms with E-state index in [9.17, 15) is 0 Å². The van der Waals surface area contributed by atoms with E-state index in [2.05, 4.69) is 13.8 Å². The Morgan fingerprint density at radius 2 is 1.63 bits per heavy atom. The Kier molecular flexibility index (Phi) is 2.67. The summed E-state index contributed by atoms with van der Waals surface area (Å²) in [4.78, 5) is 0. The minimum absolute atomic E-state index is 0.674. The van der Waals surface area contributed by atoms with Crippen LogP contribution in [-0.4, -0.2) is 6.54 Å². The summed E-state index contributed by atoms with van der Waals surface area (Å²) in [6, 6.07) is 0. The Hall–Kier alpha value is -0.0400. The lowest BCUT2D eigenvalue weighted by Gasteiger charge is -2.65. The normalized spacial score (nSPS) is 59.2. The summed E-state index contributed by atoms with van der Waals surface area (Å²) in [5, 5.41) is 0. The van der Waals surface area contributed by atoms with Gasteiger partial charge in [-0.15, -0.1) is 0 Å². The summed E-state index contributed by atoms with van der Waals surface area (Å²) in [7, 11) is 0. The molecule has 4 fully saturated rings. The number of nitrogens with two attached hydrogens (primary N) is 1. The van der Waals surface area contributed by atoms with Crippen LogP contribution in [0.15, 0.2) is 0 Å². The van der Waals surface area contributed by atoms with Gasteiger partial charge in [-0.2, -0.15) is 0 Å². The number of hydrogen-bond donors (Lipinski definition) is 1. The van der Waals surface area contributed by atoms with Crippen molar-refractivity contribution in [3.8, 4) is 0 Å². The van der Waals surface area contributed by atoms with Crippen LogP contribution in [0.2, 0.25) is 0 Å². The molecule has 0 radical (unpaired) electrons. The van der Waals surface area contributed by atoms with Crippen molar-refractivity contribution in [3.05, 3.63) is 0 Å². The molecule has 0 aromatic heterocycles. The molecule has 4 aliphatic rings. The molecule has 7 atom stereocenters. The fourth-order valence-corrected chi connectivity index (χ4v) is 7.15. The van der Waals surface area contributed by atoms with E-state index in [0.717, 1.165) is 36.1 Å². The third-order valence-electron chi connectivity index (χ3n) is 7.66. The van der Waals surface area contributed by atoms with E-state index >= 15 is 0 Å². The van der Waals surface area contributed by atoms with Gasteiger partial charge < -0.3 is 5.73 Å². The van der Waals surface area contributed by atoms with E-state index in [1.807, 2.05) is 0 Å². The van der Waals surface area contributed by atoms with E-state index in [1.165, 1.54) is 32.1 Å². The number of hydrogen-bond acceptors (Lipinski definition) is 1. The van der Waals surface area contributed by atoms with Crippen LogP contribution in [-0.2, 0) is 0 Å². The molecule has 1 nitrogen and oxygen atoms in total. The molecule has 0 saturated heterocycles. The average Bonchev–Trinajstić information content (AvgIpc) is 2.35. The van der Waals surface area contributed by atoms with Gasteiger partial charge in [0.05, 0.1) is 0 Å². The van der Waals surface area contributed by atoms with Gasteiger partial charge in [-0.05, 0) is 98.3 Å². The monoisotopic (exact) mass is 261 g/mol. The largest absolute Gasteiger partial charge is 0.330 e. The highest BCUT2D eigenvalue weighted by Crippen LogP contribution is 2.68. The van der Waals surface area contributed by atoms with Crippen LogP contribution < -0.4 is 5.73 Å². The third kappa shape index (κ3) is 1.83. The van der Waals surface area contributed by atoms with Crippen molar-refractivity contribution in [2.45, 2.75) is 65.2 Å². The predicted octanol–water partition coefficient (Wildman–Crippen LogP) is 4.21. The summed E-state index contributed by atoms with van der Waals surface area (Å²) < 4.78 is 0. The first-order chi connectivity index (χ1) is 9.02. The van der Waals surface area contributed by atoms with Gasteiger partial charge in [-0.3, -0.25) is 0 Å². The highest BCUT2D eigenvalue weighted by molar-refractivity contribution is 5.08. The van der Waals surface area contributed by atoms with Crippen LogP contribution in [0, 0.1) is 40.4 Å². The van der Waals surface area contributed by atoms with Gasteiger partial charge in [0.1, 0.15) is 0 Å². The zero-order valence-corrected chi connectivity index (χ0v) is 12.8. The molecule has 1 heteroatoms. The Morgan fingerprint density at radius 1 is 0.895 bits per heavy atom. The molecule has 4 aliphatic carbocycles. The van der Waals surface area contributed by atoms with Gasteiger partial charge in [-0.1, -0.05) is 13.8 Å². The van der Waals surface area contributed by atoms with Crippen LogP contribution in [0.25, 0.3) is 0 Å². The maximum Gasteiger partial charge on any atom is -0.00745 e. The third-order valence-corrected chi connectivity index (χ3v) is 7.66. The maximum atomic E-state index is 5.93. The molecule has 7 unspecified atom stereocenters. The lowest BCUT2D eigenvalue weighted by Crippen LogP contribution is -2.56. The fourth-order valence-electron chi connectivity index (χ4n) is 7.15. The summed E-state index contributed by atoms with van der Waals surface area (Å²) >= 11 is 0. The van der Waals surface area contributed by atoms with Crippen molar-refractivity contribution < 1.29 is 0 Å². The highest BCUT2D eigenvalue weighted by atomic mass is 14.6. The Balaban J connectivity index is 1.71. The first-order valence-corrected chi connectivity index (χ1v) is 8.72. The number of fused-ring (bicyclic) bond motifs is 2. The van der Waals surface area contributed by atoms with Crippen LogP contribution in [0.3, 0.4) is 0 Å². The van der Waals surface area contributed by atoms with E-state index in [4.69, 9.17) is 5.73 Å². The topological polar surface area (TPSA) is 26.0 Å². The molecular formula is C18H31N. The summed E-state index contributed by atoms with van der Waals surface area (Å²) in [5.41, 5.74) is 7.30. The standard InChI is InChI=1S/C18H31N/c1-17-5-3-12-7-18(2)8-13(4-6-19)15(10-17)16(11-18)14(12)9-17/h12-16H,3-11,19H2,1-2H3. The van der Waals surface area contributed by atoms with Crippen LogP contribution in [0.5, 0.6) is 0 Å². The zero-order chi connectivity index (χ0) is 13.3. The van der Waals surface area contributed by atoms with Crippen molar-refractivity contribution in [3.63, 3.8) is 0 Å². The van der Waals surface area contributed by atoms with Gasteiger partial charge in [0.15, 0.2) is 0 Å². The summed E-state index contributed by atoms with van der Waals surface area (Å²) in [5.74, 6) is 5.23. The van der Waals surface area contributed by atoms with Crippen LogP contribution >= 0.6 is 0 Å². The van der Waals surface area contributed by atoms with Gasteiger partial charge in [-0.25, -0.2) is 0 Å². The molecular weight excluding hydrogens is 230 g/mol. The van der Waals surface area contributed by atoms with E-state index in [-0.39, 0.29) is 0 Å². The molecule has 4 rings (SSSR count). The molecule has 19 heavy (non-hydrogen) atoms.